The SMILES string of the molecule is Cc1nc2c(cc1C(=O)N[C@H](C(=O)O)C(C)C)c(C)nn2C. The van der Waals surface area contributed by atoms with E-state index in [0.29, 0.717) is 16.9 Å². The Kier molecular flexibility index (Phi) is 4.16. The Labute approximate surface area is 128 Å². The molecule has 2 heterocycles. The third kappa shape index (κ3) is 2.79. The van der Waals surface area contributed by atoms with Crippen molar-refractivity contribution in [3.63, 3.8) is 0 Å². The summed E-state index contributed by atoms with van der Waals surface area (Å²) < 4.78 is 1.66. The highest BCUT2D eigenvalue weighted by atomic mass is 16.4. The molecule has 1 atom stereocenters. The summed E-state index contributed by atoms with van der Waals surface area (Å²) in [7, 11) is 1.79. The lowest BCUT2D eigenvalue weighted by molar-refractivity contribution is -0.140. The van der Waals surface area contributed by atoms with Gasteiger partial charge in [0.05, 0.1) is 17.0 Å². The van der Waals surface area contributed by atoms with Crippen LogP contribution in [0.1, 0.15) is 35.6 Å². The Balaban J connectivity index is 2.41. The number of aliphatic carboxylic acids is 1. The van der Waals surface area contributed by atoms with E-state index < -0.39 is 17.9 Å². The number of nitrogens with zero attached hydrogens (tertiary/aromatic N) is 3. The highest BCUT2D eigenvalue weighted by Gasteiger charge is 2.25. The van der Waals surface area contributed by atoms with Crippen molar-refractivity contribution < 1.29 is 14.7 Å². The fraction of sp³-hybridized carbons (Fsp3) is 0.467. The molecule has 0 spiro atoms. The lowest BCUT2D eigenvalue weighted by Crippen LogP contribution is -2.44. The number of hydrogen-bond acceptors (Lipinski definition) is 4. The second-order valence-electron chi connectivity index (χ2n) is 5.73. The third-order valence-corrected chi connectivity index (χ3v) is 3.65. The summed E-state index contributed by atoms with van der Waals surface area (Å²) in [5.74, 6) is -1.69. The number of carbonyl (C=O) groups excluding carboxylic acids is 1. The van der Waals surface area contributed by atoms with Gasteiger partial charge in [-0.25, -0.2) is 9.78 Å². The smallest absolute Gasteiger partial charge is 0.326 e. The summed E-state index contributed by atoms with van der Waals surface area (Å²) in [4.78, 5) is 28.0. The van der Waals surface area contributed by atoms with E-state index in [4.69, 9.17) is 0 Å². The van der Waals surface area contributed by atoms with Crippen LogP contribution >= 0.6 is 0 Å². The Morgan fingerprint density at radius 2 is 1.91 bits per heavy atom. The maximum atomic E-state index is 12.4. The number of pyridine rings is 1. The van der Waals surface area contributed by atoms with Crippen molar-refractivity contribution in [2.24, 2.45) is 13.0 Å². The van der Waals surface area contributed by atoms with E-state index in [1.165, 1.54) is 0 Å². The molecule has 0 aliphatic carbocycles. The zero-order valence-electron chi connectivity index (χ0n) is 13.3. The van der Waals surface area contributed by atoms with E-state index in [-0.39, 0.29) is 5.92 Å². The Morgan fingerprint density at radius 1 is 1.27 bits per heavy atom. The molecule has 2 aromatic heterocycles. The molecule has 2 rings (SSSR count). The number of aryl methyl sites for hydroxylation is 3. The van der Waals surface area contributed by atoms with Crippen molar-refractivity contribution in [2.75, 3.05) is 0 Å². The van der Waals surface area contributed by atoms with Gasteiger partial charge in [0, 0.05) is 12.4 Å². The maximum absolute atomic E-state index is 12.4. The average molecular weight is 304 g/mol. The van der Waals surface area contributed by atoms with Crippen molar-refractivity contribution in [3.05, 3.63) is 23.0 Å². The van der Waals surface area contributed by atoms with Gasteiger partial charge in [-0.2, -0.15) is 5.10 Å². The summed E-state index contributed by atoms with van der Waals surface area (Å²) in [6.45, 7) is 7.06. The number of carboxylic acid groups (broad SMARTS) is 1. The van der Waals surface area contributed by atoms with Crippen LogP contribution in [0, 0.1) is 19.8 Å². The molecule has 0 bridgehead atoms. The fourth-order valence-electron chi connectivity index (χ4n) is 2.39. The molecule has 2 N–H and O–H groups in total. The summed E-state index contributed by atoms with van der Waals surface area (Å²) in [6, 6.07) is 0.784. The molecule has 7 nitrogen and oxygen atoms in total. The number of aromatic nitrogens is 3. The summed E-state index contributed by atoms with van der Waals surface area (Å²) >= 11 is 0. The molecule has 1 amide bonds. The second-order valence-corrected chi connectivity index (χ2v) is 5.73. The quantitative estimate of drug-likeness (QED) is 0.890. The molecule has 0 aromatic carbocycles. The van der Waals surface area contributed by atoms with Crippen LogP contribution in [0.25, 0.3) is 11.0 Å². The van der Waals surface area contributed by atoms with Gasteiger partial charge in [0.2, 0.25) is 0 Å². The van der Waals surface area contributed by atoms with Crippen molar-refractivity contribution in [3.8, 4) is 0 Å². The first-order valence-corrected chi connectivity index (χ1v) is 7.07. The van der Waals surface area contributed by atoms with Gasteiger partial charge in [0.25, 0.3) is 5.91 Å². The Morgan fingerprint density at radius 3 is 2.45 bits per heavy atom. The van der Waals surface area contributed by atoms with E-state index in [1.807, 2.05) is 6.92 Å². The number of nitrogens with one attached hydrogen (secondary N) is 1. The van der Waals surface area contributed by atoms with Crippen LogP contribution in [0.2, 0.25) is 0 Å². The van der Waals surface area contributed by atoms with E-state index in [0.717, 1.165) is 11.1 Å². The van der Waals surface area contributed by atoms with E-state index in [2.05, 4.69) is 15.4 Å². The van der Waals surface area contributed by atoms with Crippen LogP contribution in [0.5, 0.6) is 0 Å². The Bertz CT molecular complexity index is 749. The van der Waals surface area contributed by atoms with Gasteiger partial charge >= 0.3 is 5.97 Å². The molecule has 0 fully saturated rings. The van der Waals surface area contributed by atoms with Gasteiger partial charge in [0.1, 0.15) is 6.04 Å². The zero-order chi connectivity index (χ0) is 16.6. The predicted octanol–water partition coefficient (Wildman–Crippen LogP) is 1.42. The number of amides is 1. The zero-order valence-corrected chi connectivity index (χ0v) is 13.3. The van der Waals surface area contributed by atoms with Crippen LogP contribution in [-0.4, -0.2) is 37.8 Å². The summed E-state index contributed by atoms with van der Waals surface area (Å²) in [6.07, 6.45) is 0. The molecule has 7 heteroatoms. The first-order chi connectivity index (χ1) is 10.2. The lowest BCUT2D eigenvalue weighted by Gasteiger charge is -2.18. The second kappa shape index (κ2) is 5.75. The van der Waals surface area contributed by atoms with Gasteiger partial charge in [-0.05, 0) is 25.8 Å². The number of carbonyl (C=O) groups is 2. The average Bonchev–Trinajstić information content (AvgIpc) is 2.68. The number of carboxylic acids is 1. The largest absolute Gasteiger partial charge is 0.480 e. The standard InChI is InChI=1S/C15H20N4O3/c1-7(2)12(15(21)22)17-14(20)11-6-10-9(4)18-19(5)13(10)16-8(11)3/h6-7,12H,1-5H3,(H,17,20)(H,21,22)/t12-/m0/s1. The van der Waals surface area contributed by atoms with Gasteiger partial charge in [-0.1, -0.05) is 13.8 Å². The predicted molar refractivity (Wildman–Crippen MR) is 81.7 cm³/mol. The molecule has 0 aliphatic rings. The molecule has 0 saturated carbocycles. The van der Waals surface area contributed by atoms with Crippen molar-refractivity contribution in [1.29, 1.82) is 0 Å². The molecule has 2 aromatic rings. The molecule has 0 aliphatic heterocycles. The lowest BCUT2D eigenvalue weighted by atomic mass is 10.0. The van der Waals surface area contributed by atoms with Crippen molar-refractivity contribution >= 4 is 22.9 Å². The van der Waals surface area contributed by atoms with E-state index in [1.54, 1.807) is 38.6 Å². The Hall–Kier alpha value is -2.44. The van der Waals surface area contributed by atoms with Crippen LogP contribution < -0.4 is 5.32 Å². The topological polar surface area (TPSA) is 97.1 Å². The van der Waals surface area contributed by atoms with Gasteiger partial charge < -0.3 is 10.4 Å². The first kappa shape index (κ1) is 15.9. The van der Waals surface area contributed by atoms with Crippen molar-refractivity contribution in [2.45, 2.75) is 33.7 Å². The molecule has 0 radical (unpaired) electrons. The summed E-state index contributed by atoms with van der Waals surface area (Å²) in [5.41, 5.74) is 2.39. The molecular weight excluding hydrogens is 284 g/mol. The maximum Gasteiger partial charge on any atom is 0.326 e. The van der Waals surface area contributed by atoms with Crippen molar-refractivity contribution in [1.82, 2.24) is 20.1 Å². The molecular formula is C15H20N4O3. The molecule has 118 valence electrons. The third-order valence-electron chi connectivity index (χ3n) is 3.65. The van der Waals surface area contributed by atoms with Gasteiger partial charge in [0.15, 0.2) is 5.65 Å². The van der Waals surface area contributed by atoms with Crippen LogP contribution in [0.15, 0.2) is 6.07 Å². The minimum atomic E-state index is -1.05. The minimum absolute atomic E-state index is 0.210. The molecule has 0 unspecified atom stereocenters. The van der Waals surface area contributed by atoms with Crippen LogP contribution in [0.4, 0.5) is 0 Å². The first-order valence-electron chi connectivity index (χ1n) is 7.07. The highest BCUT2D eigenvalue weighted by molar-refractivity contribution is 6.00. The van der Waals surface area contributed by atoms with E-state index >= 15 is 0 Å². The fourth-order valence-corrected chi connectivity index (χ4v) is 2.39. The number of rotatable bonds is 4. The highest BCUT2D eigenvalue weighted by Crippen LogP contribution is 2.19. The van der Waals surface area contributed by atoms with Gasteiger partial charge in [-0.3, -0.25) is 9.48 Å². The summed E-state index contributed by atoms with van der Waals surface area (Å²) in [5, 5.41) is 16.8. The normalized spacial score (nSPS) is 12.6. The van der Waals surface area contributed by atoms with Gasteiger partial charge in [-0.15, -0.1) is 0 Å². The van der Waals surface area contributed by atoms with Crippen LogP contribution in [-0.2, 0) is 11.8 Å². The monoisotopic (exact) mass is 304 g/mol. The van der Waals surface area contributed by atoms with E-state index in [9.17, 15) is 14.7 Å². The number of fused-ring (bicyclic) bond motifs is 1. The van der Waals surface area contributed by atoms with Crippen LogP contribution in [0.3, 0.4) is 0 Å². The molecule has 22 heavy (non-hydrogen) atoms. The molecule has 0 saturated heterocycles. The minimum Gasteiger partial charge on any atom is -0.480 e. The number of hydrogen-bond donors (Lipinski definition) is 2.